The maximum atomic E-state index is 6.06. The summed E-state index contributed by atoms with van der Waals surface area (Å²) in [5, 5.41) is 4.69. The van der Waals surface area contributed by atoms with Gasteiger partial charge in [0.05, 0.1) is 5.52 Å². The van der Waals surface area contributed by atoms with Crippen LogP contribution in [0.4, 0.5) is 17.3 Å². The minimum atomic E-state index is 0.152. The number of rotatable bonds is 3. The van der Waals surface area contributed by atoms with E-state index in [9.17, 15) is 0 Å². The number of benzene rings is 1. The zero-order valence-corrected chi connectivity index (χ0v) is 13.5. The third kappa shape index (κ3) is 3.05. The largest absolute Gasteiger partial charge is 0.398 e. The number of nitrogens with two attached hydrogens (primary N) is 1. The van der Waals surface area contributed by atoms with E-state index in [0.29, 0.717) is 16.8 Å². The molecule has 0 unspecified atom stereocenters. The van der Waals surface area contributed by atoms with E-state index in [1.54, 1.807) is 0 Å². The molecule has 8 heteroatoms. The summed E-state index contributed by atoms with van der Waals surface area (Å²) >= 11 is 7.28. The van der Waals surface area contributed by atoms with Crippen LogP contribution in [-0.4, -0.2) is 26.2 Å². The van der Waals surface area contributed by atoms with E-state index in [4.69, 9.17) is 17.3 Å². The number of nitrogens with one attached hydrogen (secondary N) is 1. The molecular formula is C14H13ClN6S. The second-order valence-electron chi connectivity index (χ2n) is 4.62. The lowest BCUT2D eigenvalue weighted by molar-refractivity contribution is 0.915. The van der Waals surface area contributed by atoms with Crippen molar-refractivity contribution in [3.8, 4) is 0 Å². The Morgan fingerprint density at radius 2 is 1.95 bits per heavy atom. The molecule has 0 aliphatic carbocycles. The van der Waals surface area contributed by atoms with E-state index in [0.717, 1.165) is 22.3 Å². The van der Waals surface area contributed by atoms with Crippen molar-refractivity contribution >= 4 is 51.6 Å². The van der Waals surface area contributed by atoms with Crippen molar-refractivity contribution in [2.75, 3.05) is 17.3 Å². The molecule has 2 heterocycles. The van der Waals surface area contributed by atoms with E-state index < -0.39 is 0 Å². The van der Waals surface area contributed by atoms with E-state index in [2.05, 4.69) is 25.3 Å². The standard InChI is InChI=1S/C14H13ClN6S/c1-7-5-10(16)9-6-8(3-4-11(9)17-7)18-13-19-12(15)20-14(21-13)22-2/h3-6H,1-2H3,(H2,16,17)(H,18,19,20,21). The normalized spacial score (nSPS) is 10.9. The first-order valence-corrected chi connectivity index (χ1v) is 8.05. The molecule has 0 saturated heterocycles. The third-order valence-corrected chi connectivity index (χ3v) is 3.71. The Balaban J connectivity index is 1.99. The van der Waals surface area contributed by atoms with Crippen LogP contribution in [-0.2, 0) is 0 Å². The third-order valence-electron chi connectivity index (χ3n) is 3.00. The number of thioether (sulfide) groups is 1. The SMILES string of the molecule is CSc1nc(Cl)nc(Nc2ccc3nc(C)cc(N)c3c2)n1. The molecule has 3 N–H and O–H groups in total. The van der Waals surface area contributed by atoms with Crippen molar-refractivity contribution in [3.05, 3.63) is 35.2 Å². The number of pyridine rings is 1. The molecule has 0 bridgehead atoms. The van der Waals surface area contributed by atoms with Gasteiger partial charge in [0.15, 0.2) is 5.16 Å². The number of anilines is 3. The van der Waals surface area contributed by atoms with Crippen LogP contribution in [0, 0.1) is 6.92 Å². The maximum absolute atomic E-state index is 6.06. The fourth-order valence-corrected chi connectivity index (χ4v) is 2.64. The van der Waals surface area contributed by atoms with Crippen molar-refractivity contribution < 1.29 is 0 Å². The molecule has 2 aromatic heterocycles. The Labute approximate surface area is 136 Å². The summed E-state index contributed by atoms with van der Waals surface area (Å²) in [6.45, 7) is 1.92. The van der Waals surface area contributed by atoms with Crippen LogP contribution < -0.4 is 11.1 Å². The van der Waals surface area contributed by atoms with Crippen LogP contribution >= 0.6 is 23.4 Å². The van der Waals surface area contributed by atoms with Gasteiger partial charge in [-0.15, -0.1) is 0 Å². The second kappa shape index (κ2) is 5.94. The Bertz CT molecular complexity index is 854. The fraction of sp³-hybridized carbons (Fsp3) is 0.143. The maximum Gasteiger partial charge on any atom is 0.232 e. The van der Waals surface area contributed by atoms with Gasteiger partial charge in [-0.25, -0.2) is 0 Å². The summed E-state index contributed by atoms with van der Waals surface area (Å²) in [4.78, 5) is 16.8. The van der Waals surface area contributed by atoms with E-state index in [-0.39, 0.29) is 5.28 Å². The number of halogens is 1. The summed E-state index contributed by atoms with van der Waals surface area (Å²) in [6, 6.07) is 7.55. The smallest absolute Gasteiger partial charge is 0.232 e. The zero-order chi connectivity index (χ0) is 15.7. The molecule has 0 aliphatic rings. The molecule has 0 atom stereocenters. The highest BCUT2D eigenvalue weighted by molar-refractivity contribution is 7.98. The fourth-order valence-electron chi connectivity index (χ4n) is 2.08. The number of nitrogens with zero attached hydrogens (tertiary/aromatic N) is 4. The lowest BCUT2D eigenvalue weighted by atomic mass is 10.1. The van der Waals surface area contributed by atoms with Gasteiger partial charge in [-0.05, 0) is 49.0 Å². The van der Waals surface area contributed by atoms with Gasteiger partial charge in [-0.3, -0.25) is 4.98 Å². The van der Waals surface area contributed by atoms with Crippen molar-refractivity contribution in [2.24, 2.45) is 0 Å². The van der Waals surface area contributed by atoms with Gasteiger partial charge in [0.25, 0.3) is 0 Å². The topological polar surface area (TPSA) is 89.6 Å². The molecule has 0 amide bonds. The first-order chi connectivity index (χ1) is 10.5. The summed E-state index contributed by atoms with van der Waals surface area (Å²) < 4.78 is 0. The summed E-state index contributed by atoms with van der Waals surface area (Å²) in [7, 11) is 0. The van der Waals surface area contributed by atoms with Crippen molar-refractivity contribution in [2.45, 2.75) is 12.1 Å². The summed E-state index contributed by atoms with van der Waals surface area (Å²) in [5.74, 6) is 0.391. The van der Waals surface area contributed by atoms with Crippen LogP contribution in [0.25, 0.3) is 10.9 Å². The highest BCUT2D eigenvalue weighted by Crippen LogP contribution is 2.25. The molecule has 0 fully saturated rings. The monoisotopic (exact) mass is 332 g/mol. The average Bonchev–Trinajstić information content (AvgIpc) is 2.47. The zero-order valence-electron chi connectivity index (χ0n) is 12.0. The molecule has 112 valence electrons. The minimum Gasteiger partial charge on any atom is -0.398 e. The molecule has 0 radical (unpaired) electrons. The number of fused-ring (bicyclic) bond motifs is 1. The molecular weight excluding hydrogens is 320 g/mol. The van der Waals surface area contributed by atoms with Crippen LogP contribution in [0.15, 0.2) is 29.4 Å². The Morgan fingerprint density at radius 1 is 1.14 bits per heavy atom. The predicted octanol–water partition coefficient (Wildman–Crippen LogP) is 3.43. The van der Waals surface area contributed by atoms with Crippen molar-refractivity contribution in [1.82, 2.24) is 19.9 Å². The lowest BCUT2D eigenvalue weighted by Crippen LogP contribution is -2.01. The van der Waals surface area contributed by atoms with Crippen molar-refractivity contribution in [3.63, 3.8) is 0 Å². The summed E-state index contributed by atoms with van der Waals surface area (Å²) in [6.07, 6.45) is 1.88. The molecule has 0 saturated carbocycles. The van der Waals surface area contributed by atoms with Crippen LogP contribution in [0.1, 0.15) is 5.69 Å². The van der Waals surface area contributed by atoms with Gasteiger partial charge < -0.3 is 11.1 Å². The first kappa shape index (κ1) is 14.8. The lowest BCUT2D eigenvalue weighted by Gasteiger charge is -2.08. The quantitative estimate of drug-likeness (QED) is 0.710. The van der Waals surface area contributed by atoms with Crippen LogP contribution in [0.3, 0.4) is 0 Å². The van der Waals surface area contributed by atoms with Gasteiger partial charge in [0.1, 0.15) is 0 Å². The molecule has 0 aliphatic heterocycles. The summed E-state index contributed by atoms with van der Waals surface area (Å²) in [5.41, 5.74) is 9.28. The Hall–Kier alpha value is -2.12. The highest BCUT2D eigenvalue weighted by atomic mass is 35.5. The number of aryl methyl sites for hydroxylation is 1. The number of hydrogen-bond donors (Lipinski definition) is 2. The second-order valence-corrected chi connectivity index (χ2v) is 5.74. The minimum absolute atomic E-state index is 0.152. The van der Waals surface area contributed by atoms with Gasteiger partial charge in [-0.1, -0.05) is 11.8 Å². The molecule has 3 rings (SSSR count). The number of aromatic nitrogens is 4. The molecule has 3 aromatic rings. The average molecular weight is 333 g/mol. The molecule has 22 heavy (non-hydrogen) atoms. The highest BCUT2D eigenvalue weighted by Gasteiger charge is 2.07. The molecule has 6 nitrogen and oxygen atoms in total. The van der Waals surface area contributed by atoms with E-state index >= 15 is 0 Å². The number of nitrogen functional groups attached to an aromatic ring is 1. The van der Waals surface area contributed by atoms with E-state index in [1.807, 2.05) is 37.4 Å². The van der Waals surface area contributed by atoms with Gasteiger partial charge in [0, 0.05) is 22.5 Å². The predicted molar refractivity (Wildman–Crippen MR) is 90.8 cm³/mol. The molecule has 0 spiro atoms. The van der Waals surface area contributed by atoms with Crippen molar-refractivity contribution in [1.29, 1.82) is 0 Å². The van der Waals surface area contributed by atoms with E-state index in [1.165, 1.54) is 11.8 Å². The molecule has 1 aromatic carbocycles. The van der Waals surface area contributed by atoms with Gasteiger partial charge in [-0.2, -0.15) is 15.0 Å². The first-order valence-electron chi connectivity index (χ1n) is 6.44. The van der Waals surface area contributed by atoms with Crippen LogP contribution in [0.5, 0.6) is 0 Å². The van der Waals surface area contributed by atoms with Gasteiger partial charge in [0.2, 0.25) is 11.2 Å². The van der Waals surface area contributed by atoms with Gasteiger partial charge >= 0.3 is 0 Å². The Morgan fingerprint density at radius 3 is 2.73 bits per heavy atom. The van der Waals surface area contributed by atoms with Crippen LogP contribution in [0.2, 0.25) is 5.28 Å². The number of hydrogen-bond acceptors (Lipinski definition) is 7. The Kier molecular flexibility index (Phi) is 4.00.